The van der Waals surface area contributed by atoms with Gasteiger partial charge in [0.2, 0.25) is 0 Å². The number of hydrazine groups is 1. The third kappa shape index (κ3) is 7.78. The first-order valence-electron chi connectivity index (χ1n) is 13.5. The quantitative estimate of drug-likeness (QED) is 0.0518. The first-order valence-corrected chi connectivity index (χ1v) is 15.2. The summed E-state index contributed by atoms with van der Waals surface area (Å²) >= 11 is 2.99. The minimum atomic E-state index is -0.330. The Morgan fingerprint density at radius 3 is 2.56 bits per heavy atom. The van der Waals surface area contributed by atoms with E-state index in [4.69, 9.17) is 4.74 Å². The van der Waals surface area contributed by atoms with E-state index < -0.39 is 0 Å². The number of quaternary nitrogens is 1. The van der Waals surface area contributed by atoms with Gasteiger partial charge >= 0.3 is 5.97 Å². The maximum atomic E-state index is 11.6. The lowest BCUT2D eigenvalue weighted by molar-refractivity contribution is -0.538. The van der Waals surface area contributed by atoms with Crippen molar-refractivity contribution in [1.29, 1.82) is 0 Å². The maximum absolute atomic E-state index is 11.6. The van der Waals surface area contributed by atoms with Crippen molar-refractivity contribution in [2.24, 2.45) is 10.2 Å². The topological polar surface area (TPSA) is 133 Å². The molecular formula is C28H34N9O2S2+. The van der Waals surface area contributed by atoms with E-state index in [0.29, 0.717) is 16.7 Å². The molecule has 0 bridgehead atoms. The van der Waals surface area contributed by atoms with Gasteiger partial charge in [-0.1, -0.05) is 22.7 Å². The first-order chi connectivity index (χ1) is 20.0. The number of thiophene rings is 1. The number of carbonyl (C=O) groups is 1. The molecule has 0 unspecified atom stereocenters. The van der Waals surface area contributed by atoms with E-state index >= 15 is 0 Å². The standard InChI is InChI=1S/C28H33N9O2S2/c1-4-39-27(38)17-25-34-36-28(41-25)35-32-23-10-7-20(15-19(23)3)29-31-22-9-8-21(16-18(22)2)30-33-24-11-12-26(40-24)37-13-5-6-14-37/h7-12,15-16,29-31,33H,4-6,13-14,17H2,1-3H3/p+1. The van der Waals surface area contributed by atoms with Crippen LogP contribution in [0.5, 0.6) is 0 Å². The number of aromatic nitrogens is 2. The Labute approximate surface area is 247 Å². The second kappa shape index (κ2) is 13.5. The minimum Gasteiger partial charge on any atom is -0.466 e. The third-order valence-electron chi connectivity index (χ3n) is 6.50. The number of aryl methyl sites for hydroxylation is 2. The Hall–Kier alpha value is -4.07. The smallest absolute Gasteiger partial charge is 0.312 e. The number of nitrogen functional groups attached to an aromatic ring is 1. The Bertz CT molecular complexity index is 1510. The van der Waals surface area contributed by atoms with Crippen molar-refractivity contribution < 1.29 is 15.0 Å². The zero-order chi connectivity index (χ0) is 28.6. The Morgan fingerprint density at radius 1 is 0.976 bits per heavy atom. The Morgan fingerprint density at radius 2 is 1.78 bits per heavy atom. The fourth-order valence-electron chi connectivity index (χ4n) is 4.36. The van der Waals surface area contributed by atoms with Gasteiger partial charge in [-0.3, -0.25) is 10.2 Å². The number of nitrogens with two attached hydrogens (primary N) is 1. The van der Waals surface area contributed by atoms with Crippen molar-refractivity contribution in [2.45, 2.75) is 40.0 Å². The highest BCUT2D eigenvalue weighted by atomic mass is 32.1. The Kier molecular flexibility index (Phi) is 9.39. The molecule has 2 aromatic carbocycles. The molecule has 0 amide bonds. The van der Waals surface area contributed by atoms with E-state index in [2.05, 4.69) is 78.9 Å². The lowest BCUT2D eigenvalue weighted by Gasteiger charge is -2.14. The molecule has 0 atom stereocenters. The summed E-state index contributed by atoms with van der Waals surface area (Å²) in [6.07, 6.45) is 2.64. The van der Waals surface area contributed by atoms with Crippen molar-refractivity contribution in [3.05, 3.63) is 64.7 Å². The van der Waals surface area contributed by atoms with Gasteiger partial charge in [-0.2, -0.15) is 0 Å². The molecule has 5 rings (SSSR count). The second-order valence-corrected chi connectivity index (χ2v) is 11.7. The molecule has 3 heterocycles. The number of carbonyl (C=O) groups excluding carboxylic acids is 1. The van der Waals surface area contributed by atoms with E-state index in [1.807, 2.05) is 30.5 Å². The van der Waals surface area contributed by atoms with E-state index in [0.717, 1.165) is 52.0 Å². The van der Waals surface area contributed by atoms with Crippen molar-refractivity contribution in [3.8, 4) is 0 Å². The monoisotopic (exact) mass is 592 g/mol. The van der Waals surface area contributed by atoms with Gasteiger partial charge in [0.05, 0.1) is 35.1 Å². The van der Waals surface area contributed by atoms with Gasteiger partial charge in [-0.15, -0.1) is 20.4 Å². The highest BCUT2D eigenvalue weighted by Gasteiger charge is 2.14. The Balaban J connectivity index is 1.11. The van der Waals surface area contributed by atoms with E-state index in [-0.39, 0.29) is 12.4 Å². The number of hydrogen-bond donors (Lipinski definition) is 4. The molecule has 1 aliphatic rings. The average Bonchev–Trinajstić information content (AvgIpc) is 3.73. The molecule has 11 nitrogen and oxygen atoms in total. The number of rotatable bonds is 12. The highest BCUT2D eigenvalue weighted by Crippen LogP contribution is 2.32. The molecule has 0 saturated carbocycles. The van der Waals surface area contributed by atoms with Gasteiger partial charge in [0.15, 0.2) is 5.69 Å². The third-order valence-corrected chi connectivity index (χ3v) is 8.37. The fourth-order valence-corrected chi connectivity index (χ4v) is 5.92. The SMILES string of the molecule is CCOC(=O)Cc1nnc(N=Nc2ccc(N[NH2+]c3ccc(NNc4ccc(N5CCCC5)s4)cc3C)cc2C)s1. The number of ether oxygens (including phenoxy) is 1. The second-order valence-electron chi connectivity index (χ2n) is 9.60. The summed E-state index contributed by atoms with van der Waals surface area (Å²) < 4.78 is 4.94. The zero-order valence-electron chi connectivity index (χ0n) is 23.3. The molecule has 1 saturated heterocycles. The predicted molar refractivity (Wildman–Crippen MR) is 165 cm³/mol. The van der Waals surface area contributed by atoms with Gasteiger partial charge in [-0.25, -0.2) is 10.9 Å². The number of hydrogen-bond acceptors (Lipinski definition) is 12. The molecule has 2 aromatic heterocycles. The minimum absolute atomic E-state index is 0.0847. The van der Waals surface area contributed by atoms with Crippen LogP contribution in [0.25, 0.3) is 0 Å². The molecule has 1 fully saturated rings. The van der Waals surface area contributed by atoms with E-state index in [1.54, 1.807) is 18.3 Å². The van der Waals surface area contributed by atoms with Gasteiger partial charge in [0.1, 0.15) is 10.0 Å². The summed E-state index contributed by atoms with van der Waals surface area (Å²) in [5, 5.41) is 19.8. The number of nitrogens with zero attached hydrogens (tertiary/aromatic N) is 5. The average molecular weight is 593 g/mol. The van der Waals surface area contributed by atoms with Gasteiger partial charge in [0, 0.05) is 24.7 Å². The lowest BCUT2D eigenvalue weighted by Crippen LogP contribution is -2.83. The van der Waals surface area contributed by atoms with Crippen LogP contribution in [0.4, 0.5) is 37.9 Å². The zero-order valence-corrected chi connectivity index (χ0v) is 24.9. The number of benzene rings is 2. The molecule has 1 aliphatic heterocycles. The molecule has 214 valence electrons. The summed E-state index contributed by atoms with van der Waals surface area (Å²) in [5.41, 5.74) is 17.9. The summed E-state index contributed by atoms with van der Waals surface area (Å²) in [6.45, 7) is 8.48. The van der Waals surface area contributed by atoms with Crippen LogP contribution in [-0.4, -0.2) is 35.9 Å². The van der Waals surface area contributed by atoms with Crippen LogP contribution >= 0.6 is 22.7 Å². The fraction of sp³-hybridized carbons (Fsp3) is 0.321. The highest BCUT2D eigenvalue weighted by molar-refractivity contribution is 7.20. The molecule has 41 heavy (non-hydrogen) atoms. The maximum Gasteiger partial charge on any atom is 0.312 e. The predicted octanol–water partition coefficient (Wildman–Crippen LogP) is 6.00. The molecule has 0 radical (unpaired) electrons. The summed E-state index contributed by atoms with van der Waals surface area (Å²) in [6, 6.07) is 16.5. The normalized spacial score (nSPS) is 13.1. The van der Waals surface area contributed by atoms with Crippen molar-refractivity contribution in [2.75, 3.05) is 40.9 Å². The van der Waals surface area contributed by atoms with E-state index in [9.17, 15) is 4.79 Å². The first kappa shape index (κ1) is 28.5. The summed E-state index contributed by atoms with van der Waals surface area (Å²) in [4.78, 5) is 14.1. The lowest BCUT2D eigenvalue weighted by atomic mass is 10.2. The number of nitrogens with one attached hydrogen (secondary N) is 3. The van der Waals surface area contributed by atoms with Crippen LogP contribution < -0.4 is 26.6 Å². The summed E-state index contributed by atoms with van der Waals surface area (Å²) in [7, 11) is 0. The molecule has 13 heteroatoms. The van der Waals surface area contributed by atoms with Gasteiger partial charge < -0.3 is 15.1 Å². The van der Waals surface area contributed by atoms with Crippen molar-refractivity contribution in [1.82, 2.24) is 10.2 Å². The molecule has 4 aromatic rings. The molecular weight excluding hydrogens is 559 g/mol. The van der Waals surface area contributed by atoms with Crippen LogP contribution in [0, 0.1) is 13.8 Å². The van der Waals surface area contributed by atoms with Crippen LogP contribution in [-0.2, 0) is 16.0 Å². The van der Waals surface area contributed by atoms with Crippen molar-refractivity contribution in [3.63, 3.8) is 0 Å². The van der Waals surface area contributed by atoms with E-state index in [1.165, 1.54) is 29.2 Å². The van der Waals surface area contributed by atoms with Crippen LogP contribution in [0.15, 0.2) is 58.8 Å². The van der Waals surface area contributed by atoms with Crippen LogP contribution in [0.3, 0.4) is 0 Å². The van der Waals surface area contributed by atoms with Gasteiger partial charge in [-0.05, 0) is 81.6 Å². The number of anilines is 4. The van der Waals surface area contributed by atoms with Crippen molar-refractivity contribution >= 4 is 66.5 Å². The van der Waals surface area contributed by atoms with Gasteiger partial charge in [0.25, 0.3) is 5.13 Å². The molecule has 0 aliphatic carbocycles. The summed E-state index contributed by atoms with van der Waals surface area (Å²) in [5.74, 6) is -0.330. The number of azo groups is 1. The number of esters is 1. The van der Waals surface area contributed by atoms with Crippen LogP contribution in [0.1, 0.15) is 35.9 Å². The largest absolute Gasteiger partial charge is 0.466 e. The molecule has 0 spiro atoms. The van der Waals surface area contributed by atoms with Crippen LogP contribution in [0.2, 0.25) is 0 Å². The molecule has 5 N–H and O–H groups in total.